The Morgan fingerprint density at radius 1 is 1.22 bits per heavy atom. The van der Waals surface area contributed by atoms with Crippen molar-refractivity contribution in [3.05, 3.63) is 28.8 Å². The summed E-state index contributed by atoms with van der Waals surface area (Å²) in [5.74, 6) is 1.02. The van der Waals surface area contributed by atoms with Gasteiger partial charge in [0, 0.05) is 5.38 Å². The molecule has 0 N–H and O–H groups in total. The molecule has 0 spiro atoms. The van der Waals surface area contributed by atoms with Crippen LogP contribution < -0.4 is 4.74 Å². The maximum absolute atomic E-state index is 6.43. The highest BCUT2D eigenvalue weighted by Crippen LogP contribution is 2.31. The Balaban J connectivity index is 2.83. The van der Waals surface area contributed by atoms with Crippen molar-refractivity contribution in [2.24, 2.45) is 5.41 Å². The van der Waals surface area contributed by atoms with Gasteiger partial charge in [-0.1, -0.05) is 32.9 Å². The van der Waals surface area contributed by atoms with E-state index >= 15 is 0 Å². The standard InChI is InChI=1S/C16H25ClO/c1-11-7-8-13(15(18-6)12(11)2)9-10-14(17)16(3,4)5/h7-8,14H,9-10H2,1-6H3. The summed E-state index contributed by atoms with van der Waals surface area (Å²) in [4.78, 5) is 0. The zero-order chi connectivity index (χ0) is 13.9. The molecule has 0 bridgehead atoms. The van der Waals surface area contributed by atoms with Crippen LogP contribution in [0.4, 0.5) is 0 Å². The van der Waals surface area contributed by atoms with Crippen LogP contribution in [0.5, 0.6) is 5.75 Å². The van der Waals surface area contributed by atoms with E-state index in [1.807, 2.05) is 0 Å². The number of rotatable bonds is 4. The minimum atomic E-state index is 0.147. The monoisotopic (exact) mass is 268 g/mol. The van der Waals surface area contributed by atoms with Crippen molar-refractivity contribution in [1.29, 1.82) is 0 Å². The lowest BCUT2D eigenvalue weighted by molar-refractivity contribution is 0.369. The molecule has 0 amide bonds. The maximum atomic E-state index is 6.43. The third-order valence-electron chi connectivity index (χ3n) is 3.57. The van der Waals surface area contributed by atoms with E-state index in [0.717, 1.165) is 18.6 Å². The quantitative estimate of drug-likeness (QED) is 0.706. The van der Waals surface area contributed by atoms with Gasteiger partial charge in [-0.2, -0.15) is 0 Å². The molecule has 1 atom stereocenters. The van der Waals surface area contributed by atoms with Crippen molar-refractivity contribution in [3.63, 3.8) is 0 Å². The summed E-state index contributed by atoms with van der Waals surface area (Å²) in [6.07, 6.45) is 1.94. The molecule has 1 nitrogen and oxygen atoms in total. The van der Waals surface area contributed by atoms with Crippen LogP contribution in [0.1, 0.15) is 43.9 Å². The molecule has 0 heterocycles. The third-order valence-corrected chi connectivity index (χ3v) is 4.44. The Morgan fingerprint density at radius 3 is 2.33 bits per heavy atom. The second-order valence-electron chi connectivity index (χ2n) is 6.07. The average molecular weight is 269 g/mol. The Labute approximate surface area is 116 Å². The fourth-order valence-electron chi connectivity index (χ4n) is 2.04. The van der Waals surface area contributed by atoms with Gasteiger partial charge < -0.3 is 4.74 Å². The summed E-state index contributed by atoms with van der Waals surface area (Å²) in [6, 6.07) is 4.32. The molecule has 1 aromatic rings. The Morgan fingerprint density at radius 2 is 1.83 bits per heavy atom. The molecular formula is C16H25ClO. The van der Waals surface area contributed by atoms with Crippen LogP contribution in [0.15, 0.2) is 12.1 Å². The van der Waals surface area contributed by atoms with E-state index < -0.39 is 0 Å². The van der Waals surface area contributed by atoms with Crippen LogP contribution in [-0.2, 0) is 6.42 Å². The van der Waals surface area contributed by atoms with Gasteiger partial charge in [-0.3, -0.25) is 0 Å². The summed E-state index contributed by atoms with van der Waals surface area (Å²) in [5.41, 5.74) is 3.91. The number of hydrogen-bond acceptors (Lipinski definition) is 1. The van der Waals surface area contributed by atoms with Crippen molar-refractivity contribution < 1.29 is 4.74 Å². The minimum absolute atomic E-state index is 0.147. The lowest BCUT2D eigenvalue weighted by Gasteiger charge is -2.25. The van der Waals surface area contributed by atoms with Gasteiger partial charge in [0.15, 0.2) is 0 Å². The van der Waals surface area contributed by atoms with Crippen molar-refractivity contribution in [3.8, 4) is 5.75 Å². The summed E-state index contributed by atoms with van der Waals surface area (Å²) < 4.78 is 5.53. The highest BCUT2D eigenvalue weighted by atomic mass is 35.5. The van der Waals surface area contributed by atoms with E-state index in [4.69, 9.17) is 16.3 Å². The molecule has 0 radical (unpaired) electrons. The average Bonchev–Trinajstić information content (AvgIpc) is 2.29. The van der Waals surface area contributed by atoms with Crippen molar-refractivity contribution in [2.75, 3.05) is 7.11 Å². The molecule has 0 aromatic heterocycles. The molecule has 2 heteroatoms. The first-order chi connectivity index (χ1) is 8.27. The van der Waals surface area contributed by atoms with Crippen LogP contribution in [0, 0.1) is 19.3 Å². The van der Waals surface area contributed by atoms with Gasteiger partial charge >= 0.3 is 0 Å². The van der Waals surface area contributed by atoms with E-state index in [1.54, 1.807) is 7.11 Å². The van der Waals surface area contributed by atoms with Gasteiger partial charge in [0.2, 0.25) is 0 Å². The maximum Gasteiger partial charge on any atom is 0.125 e. The van der Waals surface area contributed by atoms with Gasteiger partial charge in [0.1, 0.15) is 5.75 Å². The normalized spacial score (nSPS) is 13.5. The summed E-state index contributed by atoms with van der Waals surface area (Å²) >= 11 is 6.43. The number of halogens is 1. The highest BCUT2D eigenvalue weighted by molar-refractivity contribution is 6.21. The van der Waals surface area contributed by atoms with Gasteiger partial charge in [-0.15, -0.1) is 11.6 Å². The Hall–Kier alpha value is -0.690. The number of ether oxygens (including phenoxy) is 1. The fraction of sp³-hybridized carbons (Fsp3) is 0.625. The molecule has 0 saturated heterocycles. The van der Waals surface area contributed by atoms with E-state index in [-0.39, 0.29) is 10.8 Å². The molecule has 1 rings (SSSR count). The zero-order valence-corrected chi connectivity index (χ0v) is 13.2. The Kier molecular flexibility index (Phi) is 5.10. The zero-order valence-electron chi connectivity index (χ0n) is 12.4. The molecular weight excluding hydrogens is 244 g/mol. The fourth-order valence-corrected chi connectivity index (χ4v) is 2.15. The number of hydrogen-bond donors (Lipinski definition) is 0. The van der Waals surface area contributed by atoms with Crippen LogP contribution in [0.2, 0.25) is 0 Å². The minimum Gasteiger partial charge on any atom is -0.496 e. The molecule has 0 aliphatic rings. The summed E-state index contributed by atoms with van der Waals surface area (Å²) in [6.45, 7) is 10.8. The third kappa shape index (κ3) is 3.65. The van der Waals surface area contributed by atoms with E-state index in [1.165, 1.54) is 16.7 Å². The van der Waals surface area contributed by atoms with E-state index in [2.05, 4.69) is 46.8 Å². The van der Waals surface area contributed by atoms with Gasteiger partial charge in [-0.05, 0) is 48.8 Å². The first-order valence-electron chi connectivity index (χ1n) is 6.54. The predicted octanol–water partition coefficient (Wildman–Crippen LogP) is 4.90. The number of methoxy groups -OCH3 is 1. The number of benzene rings is 1. The molecule has 0 aliphatic heterocycles. The topological polar surface area (TPSA) is 9.23 Å². The van der Waals surface area contributed by atoms with Crippen molar-refractivity contribution >= 4 is 11.6 Å². The lowest BCUT2D eigenvalue weighted by Crippen LogP contribution is -2.21. The molecule has 0 saturated carbocycles. The van der Waals surface area contributed by atoms with E-state index in [0.29, 0.717) is 0 Å². The molecule has 0 fully saturated rings. The van der Waals surface area contributed by atoms with Crippen LogP contribution in [-0.4, -0.2) is 12.5 Å². The summed E-state index contributed by atoms with van der Waals surface area (Å²) in [7, 11) is 1.74. The lowest BCUT2D eigenvalue weighted by atomic mass is 9.88. The van der Waals surface area contributed by atoms with Gasteiger partial charge in [-0.25, -0.2) is 0 Å². The number of aryl methyl sites for hydroxylation is 2. The van der Waals surface area contributed by atoms with Crippen LogP contribution in [0.25, 0.3) is 0 Å². The second kappa shape index (κ2) is 5.97. The first-order valence-corrected chi connectivity index (χ1v) is 6.98. The van der Waals surface area contributed by atoms with Crippen LogP contribution in [0.3, 0.4) is 0 Å². The molecule has 18 heavy (non-hydrogen) atoms. The van der Waals surface area contributed by atoms with E-state index in [9.17, 15) is 0 Å². The predicted molar refractivity (Wildman–Crippen MR) is 79.9 cm³/mol. The molecule has 0 aliphatic carbocycles. The molecule has 1 aromatic carbocycles. The molecule has 102 valence electrons. The van der Waals surface area contributed by atoms with Gasteiger partial charge in [0.25, 0.3) is 0 Å². The second-order valence-corrected chi connectivity index (χ2v) is 6.60. The van der Waals surface area contributed by atoms with Crippen LogP contribution >= 0.6 is 11.6 Å². The summed E-state index contributed by atoms with van der Waals surface area (Å²) in [5, 5.41) is 0.184. The SMILES string of the molecule is COc1c(CCC(Cl)C(C)(C)C)ccc(C)c1C. The molecule has 1 unspecified atom stereocenters. The Bertz CT molecular complexity index is 404. The first kappa shape index (κ1) is 15.4. The number of alkyl halides is 1. The van der Waals surface area contributed by atoms with Gasteiger partial charge in [0.05, 0.1) is 7.11 Å². The largest absolute Gasteiger partial charge is 0.496 e. The smallest absolute Gasteiger partial charge is 0.125 e. The highest BCUT2D eigenvalue weighted by Gasteiger charge is 2.22. The van der Waals surface area contributed by atoms with Crippen molar-refractivity contribution in [1.82, 2.24) is 0 Å². The van der Waals surface area contributed by atoms with Crippen molar-refractivity contribution in [2.45, 2.75) is 52.8 Å².